The van der Waals surface area contributed by atoms with Crippen LogP contribution in [0.2, 0.25) is 0 Å². The van der Waals surface area contributed by atoms with E-state index in [1.807, 2.05) is 13.0 Å². The van der Waals surface area contributed by atoms with Gasteiger partial charge in [0.15, 0.2) is 0 Å². The monoisotopic (exact) mass is 306 g/mol. The van der Waals surface area contributed by atoms with Crippen LogP contribution in [0.5, 0.6) is 0 Å². The van der Waals surface area contributed by atoms with E-state index in [9.17, 15) is 9.90 Å². The molecule has 2 saturated carbocycles. The second kappa shape index (κ2) is 8.74. The zero-order chi connectivity index (χ0) is 15.9. The van der Waals surface area contributed by atoms with Crippen LogP contribution in [-0.2, 0) is 4.79 Å². The first-order valence-electron chi connectivity index (χ1n) is 9.59. The Balaban J connectivity index is 1.80. The molecule has 2 fully saturated rings. The van der Waals surface area contributed by atoms with E-state index in [-0.39, 0.29) is 0 Å². The van der Waals surface area contributed by atoms with Gasteiger partial charge < -0.3 is 5.11 Å². The summed E-state index contributed by atoms with van der Waals surface area (Å²) in [4.78, 5) is 11.4. The SMILES string of the molecule is CCC=C(C(=O)O)C1CCC(C2CCC(CCC)CC2)CC1. The number of carbonyl (C=O) groups is 1. The molecule has 2 rings (SSSR count). The van der Waals surface area contributed by atoms with Gasteiger partial charge in [-0.25, -0.2) is 4.79 Å². The maximum atomic E-state index is 11.4. The van der Waals surface area contributed by atoms with Crippen LogP contribution >= 0.6 is 0 Å². The number of carboxylic acids is 1. The van der Waals surface area contributed by atoms with E-state index in [0.29, 0.717) is 11.5 Å². The molecule has 0 saturated heterocycles. The number of hydrogen-bond donors (Lipinski definition) is 1. The van der Waals surface area contributed by atoms with Crippen LogP contribution in [0.15, 0.2) is 11.6 Å². The summed E-state index contributed by atoms with van der Waals surface area (Å²) in [5.41, 5.74) is 0.688. The van der Waals surface area contributed by atoms with E-state index in [4.69, 9.17) is 0 Å². The number of aliphatic carboxylic acids is 1. The average Bonchev–Trinajstić information content (AvgIpc) is 2.54. The molecule has 2 aliphatic rings. The van der Waals surface area contributed by atoms with Crippen molar-refractivity contribution in [3.05, 3.63) is 11.6 Å². The van der Waals surface area contributed by atoms with Gasteiger partial charge in [-0.1, -0.05) is 45.6 Å². The van der Waals surface area contributed by atoms with Gasteiger partial charge in [0.2, 0.25) is 0 Å². The van der Waals surface area contributed by atoms with Crippen molar-refractivity contribution in [2.24, 2.45) is 23.7 Å². The third kappa shape index (κ3) is 4.60. The van der Waals surface area contributed by atoms with Gasteiger partial charge in [-0.05, 0) is 68.6 Å². The highest BCUT2D eigenvalue weighted by molar-refractivity contribution is 5.87. The van der Waals surface area contributed by atoms with Crippen molar-refractivity contribution >= 4 is 5.97 Å². The first kappa shape index (κ1) is 17.6. The van der Waals surface area contributed by atoms with Crippen molar-refractivity contribution in [3.63, 3.8) is 0 Å². The molecule has 0 aromatic heterocycles. The van der Waals surface area contributed by atoms with Crippen molar-refractivity contribution in [2.45, 2.75) is 84.5 Å². The molecule has 0 aliphatic heterocycles. The van der Waals surface area contributed by atoms with Gasteiger partial charge in [0, 0.05) is 5.57 Å². The molecule has 0 aromatic carbocycles. The van der Waals surface area contributed by atoms with E-state index >= 15 is 0 Å². The predicted molar refractivity (Wildman–Crippen MR) is 91.8 cm³/mol. The lowest BCUT2D eigenvalue weighted by atomic mass is 9.68. The topological polar surface area (TPSA) is 37.3 Å². The first-order valence-corrected chi connectivity index (χ1v) is 9.59. The molecule has 2 aliphatic carbocycles. The van der Waals surface area contributed by atoms with Crippen molar-refractivity contribution < 1.29 is 9.90 Å². The summed E-state index contributed by atoms with van der Waals surface area (Å²) in [5.74, 6) is 2.41. The first-order chi connectivity index (χ1) is 10.7. The van der Waals surface area contributed by atoms with Gasteiger partial charge in [-0.15, -0.1) is 0 Å². The van der Waals surface area contributed by atoms with Crippen LogP contribution in [0.4, 0.5) is 0 Å². The average molecular weight is 306 g/mol. The summed E-state index contributed by atoms with van der Waals surface area (Å²) >= 11 is 0. The molecule has 0 atom stereocenters. The normalized spacial score (nSPS) is 33.6. The second-order valence-corrected chi connectivity index (χ2v) is 7.55. The maximum absolute atomic E-state index is 11.4. The molecule has 126 valence electrons. The van der Waals surface area contributed by atoms with E-state index < -0.39 is 5.97 Å². The van der Waals surface area contributed by atoms with Gasteiger partial charge in [0.1, 0.15) is 0 Å². The van der Waals surface area contributed by atoms with Crippen LogP contribution in [0.1, 0.15) is 84.5 Å². The molecule has 1 N–H and O–H groups in total. The van der Waals surface area contributed by atoms with Gasteiger partial charge in [-0.3, -0.25) is 0 Å². The minimum Gasteiger partial charge on any atom is -0.478 e. The largest absolute Gasteiger partial charge is 0.478 e. The Morgan fingerprint density at radius 3 is 1.95 bits per heavy atom. The number of rotatable bonds is 6. The van der Waals surface area contributed by atoms with Crippen molar-refractivity contribution in [1.29, 1.82) is 0 Å². The summed E-state index contributed by atoms with van der Waals surface area (Å²) in [6.07, 6.45) is 16.0. The molecule has 0 spiro atoms. The zero-order valence-electron chi connectivity index (χ0n) is 14.5. The molecule has 22 heavy (non-hydrogen) atoms. The minimum atomic E-state index is -0.689. The summed E-state index contributed by atoms with van der Waals surface area (Å²) in [7, 11) is 0. The Morgan fingerprint density at radius 2 is 1.50 bits per heavy atom. The number of carboxylic acid groups (broad SMARTS) is 1. The quantitative estimate of drug-likeness (QED) is 0.628. The molecule has 0 aromatic rings. The fraction of sp³-hybridized carbons (Fsp3) is 0.850. The summed E-state index contributed by atoms with van der Waals surface area (Å²) in [5, 5.41) is 9.38. The van der Waals surface area contributed by atoms with Gasteiger partial charge in [0.05, 0.1) is 0 Å². The molecule has 2 nitrogen and oxygen atoms in total. The van der Waals surface area contributed by atoms with E-state index in [1.54, 1.807) is 0 Å². The molecule has 0 heterocycles. The highest BCUT2D eigenvalue weighted by Gasteiger charge is 2.32. The van der Waals surface area contributed by atoms with Crippen LogP contribution in [-0.4, -0.2) is 11.1 Å². The van der Waals surface area contributed by atoms with Crippen LogP contribution in [0, 0.1) is 23.7 Å². The standard InChI is InChI=1S/C20H34O2/c1-3-5-15-7-9-16(10-8-15)17-11-13-18(14-12-17)19(6-4-2)20(21)22/h6,15-18H,3-5,7-14H2,1-2H3,(H,21,22). The number of allylic oxidation sites excluding steroid dienone is 1. The lowest BCUT2D eigenvalue weighted by molar-refractivity contribution is -0.133. The molecule has 0 unspecified atom stereocenters. The molecular formula is C20H34O2. The summed E-state index contributed by atoms with van der Waals surface area (Å²) < 4.78 is 0. The molecular weight excluding hydrogens is 272 g/mol. The highest BCUT2D eigenvalue weighted by atomic mass is 16.4. The van der Waals surface area contributed by atoms with Crippen molar-refractivity contribution in [2.75, 3.05) is 0 Å². The molecule has 0 amide bonds. The zero-order valence-corrected chi connectivity index (χ0v) is 14.5. The van der Waals surface area contributed by atoms with Crippen LogP contribution in [0.3, 0.4) is 0 Å². The predicted octanol–water partition coefficient (Wildman–Crippen LogP) is 5.82. The lowest BCUT2D eigenvalue weighted by Crippen LogP contribution is -2.27. The van der Waals surface area contributed by atoms with E-state index in [0.717, 1.165) is 37.0 Å². The third-order valence-electron chi connectivity index (χ3n) is 6.14. The number of hydrogen-bond acceptors (Lipinski definition) is 1. The summed E-state index contributed by atoms with van der Waals surface area (Å²) in [6.45, 7) is 4.33. The fourth-order valence-electron chi connectivity index (χ4n) is 4.91. The van der Waals surface area contributed by atoms with Crippen LogP contribution < -0.4 is 0 Å². The Hall–Kier alpha value is -0.790. The Morgan fingerprint density at radius 1 is 0.955 bits per heavy atom. The Kier molecular flexibility index (Phi) is 6.98. The van der Waals surface area contributed by atoms with E-state index in [2.05, 4.69) is 6.92 Å². The third-order valence-corrected chi connectivity index (χ3v) is 6.14. The fourth-order valence-corrected chi connectivity index (χ4v) is 4.91. The van der Waals surface area contributed by atoms with Gasteiger partial charge >= 0.3 is 5.97 Å². The molecule has 2 heteroatoms. The Bertz CT molecular complexity index is 369. The lowest BCUT2D eigenvalue weighted by Gasteiger charge is -2.38. The Labute approximate surface area is 136 Å². The molecule has 0 radical (unpaired) electrons. The van der Waals surface area contributed by atoms with Gasteiger partial charge in [0.25, 0.3) is 0 Å². The highest BCUT2D eigenvalue weighted by Crippen LogP contribution is 2.43. The smallest absolute Gasteiger partial charge is 0.331 e. The van der Waals surface area contributed by atoms with Crippen molar-refractivity contribution in [3.8, 4) is 0 Å². The minimum absolute atomic E-state index is 0.310. The van der Waals surface area contributed by atoms with E-state index in [1.165, 1.54) is 51.4 Å². The van der Waals surface area contributed by atoms with Gasteiger partial charge in [-0.2, -0.15) is 0 Å². The van der Waals surface area contributed by atoms with Crippen molar-refractivity contribution in [1.82, 2.24) is 0 Å². The second-order valence-electron chi connectivity index (χ2n) is 7.55. The summed E-state index contributed by atoms with van der Waals surface area (Å²) in [6, 6.07) is 0. The maximum Gasteiger partial charge on any atom is 0.331 e. The van der Waals surface area contributed by atoms with Crippen LogP contribution in [0.25, 0.3) is 0 Å². The molecule has 0 bridgehead atoms.